The van der Waals surface area contributed by atoms with E-state index in [1.807, 2.05) is 0 Å². The van der Waals surface area contributed by atoms with Crippen molar-refractivity contribution in [1.29, 1.82) is 0 Å². The van der Waals surface area contributed by atoms with Gasteiger partial charge in [-0.2, -0.15) is 0 Å². The lowest BCUT2D eigenvalue weighted by Crippen LogP contribution is -2.39. The Kier molecular flexibility index (Phi) is 7.65. The van der Waals surface area contributed by atoms with Gasteiger partial charge in [-0.25, -0.2) is 9.79 Å². The van der Waals surface area contributed by atoms with Gasteiger partial charge >= 0.3 is 11.9 Å². The third-order valence-corrected chi connectivity index (χ3v) is 7.14. The molecular formula is C26H23BrN2O7S. The van der Waals surface area contributed by atoms with Gasteiger partial charge in [0.1, 0.15) is 5.75 Å². The van der Waals surface area contributed by atoms with E-state index in [1.54, 1.807) is 49.4 Å². The molecule has 2 heterocycles. The van der Waals surface area contributed by atoms with Gasteiger partial charge in [-0.15, -0.1) is 0 Å². The highest BCUT2D eigenvalue weighted by Gasteiger charge is 2.33. The van der Waals surface area contributed by atoms with Crippen molar-refractivity contribution in [3.63, 3.8) is 0 Å². The summed E-state index contributed by atoms with van der Waals surface area (Å²) in [7, 11) is 4.31. The quantitative estimate of drug-likeness (QED) is 0.323. The fraction of sp³-hybridized carbons (Fsp3) is 0.231. The van der Waals surface area contributed by atoms with Gasteiger partial charge in [0.15, 0.2) is 16.3 Å². The number of halogens is 1. The van der Waals surface area contributed by atoms with Gasteiger partial charge in [-0.1, -0.05) is 33.3 Å². The first-order valence-electron chi connectivity index (χ1n) is 11.0. The highest BCUT2D eigenvalue weighted by Crippen LogP contribution is 2.36. The highest BCUT2D eigenvalue weighted by molar-refractivity contribution is 9.10. The molecule has 0 fully saturated rings. The predicted molar refractivity (Wildman–Crippen MR) is 141 cm³/mol. The van der Waals surface area contributed by atoms with Crippen molar-refractivity contribution in [3.05, 3.63) is 83.0 Å². The van der Waals surface area contributed by atoms with E-state index < -0.39 is 18.0 Å². The van der Waals surface area contributed by atoms with Crippen molar-refractivity contribution in [2.45, 2.75) is 19.9 Å². The maximum atomic E-state index is 13.8. The van der Waals surface area contributed by atoms with Gasteiger partial charge in [0.25, 0.3) is 5.56 Å². The Hall–Kier alpha value is -3.70. The number of ether oxygens (including phenoxy) is 4. The van der Waals surface area contributed by atoms with E-state index >= 15 is 0 Å². The Morgan fingerprint density at radius 3 is 2.41 bits per heavy atom. The molecule has 4 rings (SSSR count). The summed E-state index contributed by atoms with van der Waals surface area (Å²) >= 11 is 4.58. The molecule has 0 saturated heterocycles. The minimum atomic E-state index is -0.818. The summed E-state index contributed by atoms with van der Waals surface area (Å²) in [5.41, 5.74) is 1.44. The molecule has 1 atom stereocenters. The first-order chi connectivity index (χ1) is 17.7. The molecule has 9 nitrogen and oxygen atoms in total. The number of hydrogen-bond acceptors (Lipinski definition) is 9. The molecule has 1 aromatic heterocycles. The van der Waals surface area contributed by atoms with Crippen LogP contribution in [0.5, 0.6) is 17.2 Å². The monoisotopic (exact) mass is 586 g/mol. The van der Waals surface area contributed by atoms with Crippen LogP contribution in [-0.4, -0.2) is 37.8 Å². The van der Waals surface area contributed by atoms with Crippen LogP contribution in [0.4, 0.5) is 0 Å². The van der Waals surface area contributed by atoms with E-state index in [0.717, 1.165) is 15.8 Å². The first-order valence-corrected chi connectivity index (χ1v) is 12.6. The molecule has 0 bridgehead atoms. The second-order valence-electron chi connectivity index (χ2n) is 7.96. The maximum Gasteiger partial charge on any atom is 0.338 e. The van der Waals surface area contributed by atoms with Gasteiger partial charge in [0, 0.05) is 17.0 Å². The molecule has 0 radical (unpaired) electrons. The molecule has 192 valence electrons. The van der Waals surface area contributed by atoms with E-state index in [4.69, 9.17) is 18.9 Å². The lowest BCUT2D eigenvalue weighted by molar-refractivity contribution is -0.136. The summed E-state index contributed by atoms with van der Waals surface area (Å²) in [5.74, 6) is 0.182. The standard InChI is InChI=1S/C26H23BrN2O7S/c1-13-22(25(32)35-5)23(15-6-8-19(33-3)20(11-15)34-4)29-24(31)21(37-26(29)28-13)12-16-10-17(27)7-9-18(16)36-14(2)30/h6-12,23H,1-5H3/b21-12+/t23-/m1/s1. The molecule has 11 heteroatoms. The molecule has 0 unspecified atom stereocenters. The van der Waals surface area contributed by atoms with E-state index in [-0.39, 0.29) is 11.1 Å². The van der Waals surface area contributed by atoms with Gasteiger partial charge in [0.2, 0.25) is 0 Å². The fourth-order valence-corrected chi connectivity index (χ4v) is 5.47. The maximum absolute atomic E-state index is 13.8. The zero-order valence-corrected chi connectivity index (χ0v) is 23.1. The van der Waals surface area contributed by atoms with Gasteiger partial charge < -0.3 is 18.9 Å². The number of thiazole rings is 1. The summed E-state index contributed by atoms with van der Waals surface area (Å²) in [4.78, 5) is 43.2. The normalized spacial score (nSPS) is 15.1. The molecule has 1 aliphatic rings. The lowest BCUT2D eigenvalue weighted by Gasteiger charge is -2.25. The summed E-state index contributed by atoms with van der Waals surface area (Å²) in [6.45, 7) is 3.00. The van der Waals surface area contributed by atoms with Gasteiger partial charge in [-0.3, -0.25) is 14.2 Å². The van der Waals surface area contributed by atoms with Crippen LogP contribution in [0, 0.1) is 0 Å². The van der Waals surface area contributed by atoms with Crippen molar-refractivity contribution in [2.24, 2.45) is 4.99 Å². The van der Waals surface area contributed by atoms with Gasteiger partial charge in [-0.05, 0) is 48.9 Å². The average Bonchev–Trinajstić information content (AvgIpc) is 3.17. The van der Waals surface area contributed by atoms with E-state index in [0.29, 0.717) is 43.4 Å². The molecule has 0 aliphatic carbocycles. The molecule has 0 amide bonds. The molecule has 0 spiro atoms. The second-order valence-corrected chi connectivity index (χ2v) is 9.89. The number of fused-ring (bicyclic) bond motifs is 1. The number of aromatic nitrogens is 1. The first kappa shape index (κ1) is 26.4. The lowest BCUT2D eigenvalue weighted by atomic mass is 9.95. The number of carbonyl (C=O) groups excluding carboxylic acids is 2. The Morgan fingerprint density at radius 2 is 1.76 bits per heavy atom. The molecule has 1 aliphatic heterocycles. The van der Waals surface area contributed by atoms with Crippen molar-refractivity contribution in [3.8, 4) is 17.2 Å². The number of carbonyl (C=O) groups is 2. The molecule has 3 aromatic rings. The van der Waals surface area contributed by atoms with E-state index in [2.05, 4.69) is 20.9 Å². The third-order valence-electron chi connectivity index (χ3n) is 5.66. The number of nitrogens with zero attached hydrogens (tertiary/aromatic N) is 2. The Bertz CT molecular complexity index is 1620. The zero-order valence-electron chi connectivity index (χ0n) is 20.7. The largest absolute Gasteiger partial charge is 0.493 e. The van der Waals surface area contributed by atoms with Gasteiger partial charge in [0.05, 0.1) is 43.2 Å². The van der Waals surface area contributed by atoms with Crippen LogP contribution in [0.15, 0.2) is 61.9 Å². The summed E-state index contributed by atoms with van der Waals surface area (Å²) in [5, 5.41) is 0. The van der Waals surface area contributed by atoms with Crippen molar-refractivity contribution < 1.29 is 28.5 Å². The van der Waals surface area contributed by atoms with Crippen molar-refractivity contribution in [2.75, 3.05) is 21.3 Å². The molecular weight excluding hydrogens is 564 g/mol. The fourth-order valence-electron chi connectivity index (χ4n) is 4.05. The van der Waals surface area contributed by atoms with Crippen LogP contribution in [0.2, 0.25) is 0 Å². The summed E-state index contributed by atoms with van der Waals surface area (Å²) < 4.78 is 23.7. The smallest absolute Gasteiger partial charge is 0.338 e. The highest BCUT2D eigenvalue weighted by atomic mass is 79.9. The molecule has 0 saturated carbocycles. The van der Waals surface area contributed by atoms with Crippen LogP contribution in [0.25, 0.3) is 6.08 Å². The number of methoxy groups -OCH3 is 3. The SMILES string of the molecule is COC(=O)C1=C(C)N=c2s/c(=C/c3cc(Br)ccc3OC(C)=O)c(=O)n2[C@@H]1c1ccc(OC)c(OC)c1. The molecule has 37 heavy (non-hydrogen) atoms. The molecule has 2 aromatic carbocycles. The Labute approximate surface area is 224 Å². The minimum Gasteiger partial charge on any atom is -0.493 e. The van der Waals surface area contributed by atoms with Crippen LogP contribution in [0.3, 0.4) is 0 Å². The zero-order chi connectivity index (χ0) is 26.9. The summed E-state index contributed by atoms with van der Waals surface area (Å²) in [6, 6.07) is 9.49. The average molecular weight is 587 g/mol. The third kappa shape index (κ3) is 5.09. The predicted octanol–water partition coefficient (Wildman–Crippen LogP) is 3.11. The van der Waals surface area contributed by atoms with Crippen LogP contribution in [0.1, 0.15) is 31.0 Å². The Balaban J connectivity index is 1.98. The van der Waals surface area contributed by atoms with Crippen LogP contribution < -0.4 is 29.1 Å². The van der Waals surface area contributed by atoms with Crippen LogP contribution in [-0.2, 0) is 14.3 Å². The number of benzene rings is 2. The topological polar surface area (TPSA) is 105 Å². The van der Waals surface area contributed by atoms with Crippen LogP contribution >= 0.6 is 27.3 Å². The minimum absolute atomic E-state index is 0.233. The Morgan fingerprint density at radius 1 is 1.05 bits per heavy atom. The van der Waals surface area contributed by atoms with Crippen molar-refractivity contribution >= 4 is 45.3 Å². The molecule has 0 N–H and O–H groups in total. The number of hydrogen-bond donors (Lipinski definition) is 0. The summed E-state index contributed by atoms with van der Waals surface area (Å²) in [6.07, 6.45) is 1.63. The van der Waals surface area contributed by atoms with Crippen molar-refractivity contribution in [1.82, 2.24) is 4.57 Å². The second kappa shape index (κ2) is 10.7. The number of rotatable bonds is 6. The van der Waals surface area contributed by atoms with E-state index in [1.165, 1.54) is 32.8 Å². The number of allylic oxidation sites excluding steroid dienone is 1. The van der Waals surface area contributed by atoms with E-state index in [9.17, 15) is 14.4 Å². The number of esters is 2.